The predicted octanol–water partition coefficient (Wildman–Crippen LogP) is 3.82. The molecular weight excluding hydrogens is 302 g/mol. The Labute approximate surface area is 145 Å². The highest BCUT2D eigenvalue weighted by Crippen LogP contribution is 2.30. The van der Waals surface area contributed by atoms with E-state index in [9.17, 15) is 4.79 Å². The van der Waals surface area contributed by atoms with Crippen LogP contribution in [-0.4, -0.2) is 31.3 Å². The van der Waals surface area contributed by atoms with Crippen LogP contribution in [0.1, 0.15) is 57.6 Å². The lowest BCUT2D eigenvalue weighted by atomic mass is 9.83. The number of nitrogens with one attached hydrogen (secondary N) is 1. The van der Waals surface area contributed by atoms with Crippen molar-refractivity contribution in [1.29, 1.82) is 0 Å². The third kappa shape index (κ3) is 4.97. The van der Waals surface area contributed by atoms with Crippen molar-refractivity contribution in [1.82, 2.24) is 5.32 Å². The van der Waals surface area contributed by atoms with Crippen LogP contribution in [0.3, 0.4) is 0 Å². The van der Waals surface area contributed by atoms with Crippen LogP contribution in [0.2, 0.25) is 0 Å². The average Bonchev–Trinajstić information content (AvgIpc) is 2.53. The van der Waals surface area contributed by atoms with Crippen LogP contribution in [0.5, 0.6) is 5.75 Å². The maximum absolute atomic E-state index is 12.3. The van der Waals surface area contributed by atoms with Crippen molar-refractivity contribution in [2.24, 2.45) is 5.92 Å². The second kappa shape index (κ2) is 8.02. The third-order valence-corrected chi connectivity index (χ3v) is 4.84. The van der Waals surface area contributed by atoms with E-state index in [1.807, 2.05) is 26.8 Å². The molecule has 0 saturated carbocycles. The summed E-state index contributed by atoms with van der Waals surface area (Å²) in [6.07, 6.45) is 2.08. The Balaban J connectivity index is 1.94. The highest BCUT2D eigenvalue weighted by molar-refractivity contribution is 5.71. The molecule has 1 aliphatic rings. The Bertz CT molecular complexity index is 560. The minimum atomic E-state index is -0.448. The number of hydrogen-bond donors (Lipinski definition) is 1. The van der Waals surface area contributed by atoms with Gasteiger partial charge < -0.3 is 14.8 Å². The van der Waals surface area contributed by atoms with Gasteiger partial charge in [0, 0.05) is 5.92 Å². The van der Waals surface area contributed by atoms with Crippen LogP contribution >= 0.6 is 0 Å². The lowest BCUT2D eigenvalue weighted by Crippen LogP contribution is -2.43. The molecule has 0 radical (unpaired) electrons. The van der Waals surface area contributed by atoms with E-state index >= 15 is 0 Å². The van der Waals surface area contributed by atoms with Gasteiger partial charge in [0.2, 0.25) is 0 Å². The molecule has 1 N–H and O–H groups in total. The van der Waals surface area contributed by atoms with Crippen molar-refractivity contribution >= 4 is 5.97 Å². The summed E-state index contributed by atoms with van der Waals surface area (Å²) < 4.78 is 11.5. The second-order valence-electron chi connectivity index (χ2n) is 7.59. The molecule has 1 heterocycles. The number of carbonyl (C=O) groups is 1. The largest absolute Gasteiger partial charge is 0.482 e. The molecule has 1 aromatic carbocycles. The molecule has 4 heteroatoms. The summed E-state index contributed by atoms with van der Waals surface area (Å²) in [5, 5.41) is 3.34. The number of aryl methyl sites for hydroxylation is 1. The van der Waals surface area contributed by atoms with Gasteiger partial charge in [-0.15, -0.1) is 0 Å². The molecule has 0 amide bonds. The maximum atomic E-state index is 12.3. The van der Waals surface area contributed by atoms with Gasteiger partial charge >= 0.3 is 5.97 Å². The van der Waals surface area contributed by atoms with E-state index in [1.54, 1.807) is 0 Å². The van der Waals surface area contributed by atoms with Gasteiger partial charge in [0.05, 0.1) is 0 Å². The van der Waals surface area contributed by atoms with Crippen molar-refractivity contribution in [3.8, 4) is 5.75 Å². The molecule has 1 aromatic rings. The first-order chi connectivity index (χ1) is 11.3. The van der Waals surface area contributed by atoms with Gasteiger partial charge in [-0.1, -0.05) is 26.0 Å². The topological polar surface area (TPSA) is 47.6 Å². The molecule has 0 atom stereocenters. The van der Waals surface area contributed by atoms with Crippen molar-refractivity contribution in [3.05, 3.63) is 29.3 Å². The molecule has 0 aliphatic carbocycles. The molecule has 1 fully saturated rings. The molecule has 24 heavy (non-hydrogen) atoms. The number of benzene rings is 1. The first-order valence-corrected chi connectivity index (χ1v) is 8.95. The molecule has 0 unspecified atom stereocenters. The van der Waals surface area contributed by atoms with Crippen molar-refractivity contribution in [2.75, 3.05) is 19.7 Å². The Kier molecular flexibility index (Phi) is 6.27. The monoisotopic (exact) mass is 333 g/mol. The van der Waals surface area contributed by atoms with Crippen molar-refractivity contribution in [3.63, 3.8) is 0 Å². The summed E-state index contributed by atoms with van der Waals surface area (Å²) >= 11 is 0. The van der Waals surface area contributed by atoms with Crippen LogP contribution in [0.4, 0.5) is 0 Å². The molecule has 1 saturated heterocycles. The molecule has 2 rings (SSSR count). The highest BCUT2D eigenvalue weighted by Gasteiger charge is 2.34. The van der Waals surface area contributed by atoms with Gasteiger partial charge in [-0.3, -0.25) is 0 Å². The van der Waals surface area contributed by atoms with E-state index in [1.165, 1.54) is 0 Å². The Hall–Kier alpha value is -1.55. The second-order valence-corrected chi connectivity index (χ2v) is 7.59. The van der Waals surface area contributed by atoms with Gasteiger partial charge in [-0.2, -0.15) is 0 Å². The number of piperidine rings is 1. The van der Waals surface area contributed by atoms with Crippen molar-refractivity contribution < 1.29 is 14.3 Å². The average molecular weight is 333 g/mol. The Morgan fingerprint density at radius 2 is 1.96 bits per heavy atom. The molecule has 0 aromatic heterocycles. The number of esters is 1. The number of hydrogen-bond acceptors (Lipinski definition) is 4. The van der Waals surface area contributed by atoms with E-state index < -0.39 is 5.60 Å². The Morgan fingerprint density at radius 1 is 1.29 bits per heavy atom. The molecular formula is C20H31NO3. The summed E-state index contributed by atoms with van der Waals surface area (Å²) in [6, 6.07) is 6.13. The summed E-state index contributed by atoms with van der Waals surface area (Å²) in [7, 11) is 0. The van der Waals surface area contributed by atoms with E-state index in [0.717, 1.165) is 42.8 Å². The van der Waals surface area contributed by atoms with Crippen LogP contribution < -0.4 is 10.1 Å². The first-order valence-electron chi connectivity index (χ1n) is 8.95. The lowest BCUT2D eigenvalue weighted by molar-refractivity contribution is -0.165. The molecule has 0 bridgehead atoms. The number of rotatable bonds is 6. The van der Waals surface area contributed by atoms with Crippen LogP contribution in [0.15, 0.2) is 18.2 Å². The summed E-state index contributed by atoms with van der Waals surface area (Å²) in [5.74, 6) is 1.23. The predicted molar refractivity (Wildman–Crippen MR) is 96.5 cm³/mol. The van der Waals surface area contributed by atoms with E-state index in [-0.39, 0.29) is 12.6 Å². The standard InChI is InChI=1S/C20H31NO3/c1-14(2)17-7-6-15(3)12-18(17)23-13-19(22)24-20(4,5)16-8-10-21-11-9-16/h6-7,12,14,16,21H,8-11,13H2,1-5H3. The zero-order chi connectivity index (χ0) is 17.7. The van der Waals surface area contributed by atoms with Gasteiger partial charge in [0.1, 0.15) is 11.4 Å². The molecule has 134 valence electrons. The fourth-order valence-corrected chi connectivity index (χ4v) is 3.30. The molecule has 1 aliphatic heterocycles. The fourth-order valence-electron chi connectivity index (χ4n) is 3.30. The van der Waals surface area contributed by atoms with Gasteiger partial charge in [-0.25, -0.2) is 4.79 Å². The van der Waals surface area contributed by atoms with Gasteiger partial charge in [0.15, 0.2) is 6.61 Å². The maximum Gasteiger partial charge on any atom is 0.344 e. The highest BCUT2D eigenvalue weighted by atomic mass is 16.6. The lowest BCUT2D eigenvalue weighted by Gasteiger charge is -2.36. The summed E-state index contributed by atoms with van der Waals surface area (Å²) in [5.41, 5.74) is 1.79. The van der Waals surface area contributed by atoms with Crippen molar-refractivity contribution in [2.45, 2.75) is 59.0 Å². The number of carbonyl (C=O) groups excluding carboxylic acids is 1. The normalized spacial score (nSPS) is 16.2. The minimum Gasteiger partial charge on any atom is -0.482 e. The van der Waals surface area contributed by atoms with E-state index in [2.05, 4.69) is 31.3 Å². The zero-order valence-electron chi connectivity index (χ0n) is 15.6. The molecule has 4 nitrogen and oxygen atoms in total. The van der Waals surface area contributed by atoms with Crippen LogP contribution in [0.25, 0.3) is 0 Å². The van der Waals surface area contributed by atoms with E-state index in [4.69, 9.17) is 9.47 Å². The SMILES string of the molecule is Cc1ccc(C(C)C)c(OCC(=O)OC(C)(C)C2CCNCC2)c1. The zero-order valence-corrected chi connectivity index (χ0v) is 15.6. The Morgan fingerprint density at radius 3 is 2.58 bits per heavy atom. The minimum absolute atomic E-state index is 0.0441. The van der Waals surface area contributed by atoms with Crippen LogP contribution in [0, 0.1) is 12.8 Å². The first kappa shape index (κ1) is 18.8. The molecule has 0 spiro atoms. The summed E-state index contributed by atoms with van der Waals surface area (Å²) in [4.78, 5) is 12.3. The van der Waals surface area contributed by atoms with Crippen LogP contribution in [-0.2, 0) is 9.53 Å². The fraction of sp³-hybridized carbons (Fsp3) is 0.650. The van der Waals surface area contributed by atoms with Gasteiger partial charge in [-0.05, 0) is 69.8 Å². The smallest absolute Gasteiger partial charge is 0.344 e. The summed E-state index contributed by atoms with van der Waals surface area (Å²) in [6.45, 7) is 12.2. The number of ether oxygens (including phenoxy) is 2. The van der Waals surface area contributed by atoms with Gasteiger partial charge in [0.25, 0.3) is 0 Å². The quantitative estimate of drug-likeness (QED) is 0.804. The van der Waals surface area contributed by atoms with E-state index in [0.29, 0.717) is 11.8 Å². The third-order valence-electron chi connectivity index (χ3n) is 4.84.